The second-order valence-corrected chi connectivity index (χ2v) is 8.39. The number of aryl methyl sites for hydroxylation is 2. The van der Waals surface area contributed by atoms with Crippen molar-refractivity contribution >= 4 is 22.0 Å². The number of nitrogens with zero attached hydrogens (tertiary/aromatic N) is 3. The number of hydrogen-bond acceptors (Lipinski definition) is 5. The molecule has 160 valence electrons. The summed E-state index contributed by atoms with van der Waals surface area (Å²) in [6, 6.07) is 9.59. The maximum atomic E-state index is 13.6. The Labute approximate surface area is 180 Å². The van der Waals surface area contributed by atoms with Crippen LogP contribution >= 0.6 is 0 Å². The molecule has 2 aromatic carbocycles. The third-order valence-electron chi connectivity index (χ3n) is 6.45. The second-order valence-electron chi connectivity index (χ2n) is 8.39. The van der Waals surface area contributed by atoms with Crippen LogP contribution in [0.4, 0.5) is 0 Å². The number of hydrogen-bond donors (Lipinski definition) is 1. The molecule has 1 N–H and O–H groups in total. The summed E-state index contributed by atoms with van der Waals surface area (Å²) in [5.41, 5.74) is 4.08. The van der Waals surface area contributed by atoms with Crippen LogP contribution in [0.5, 0.6) is 5.75 Å². The number of aromatic nitrogens is 2. The number of benzene rings is 2. The van der Waals surface area contributed by atoms with E-state index in [2.05, 4.69) is 9.88 Å². The fourth-order valence-corrected chi connectivity index (χ4v) is 4.69. The van der Waals surface area contributed by atoms with Gasteiger partial charge in [-0.15, -0.1) is 0 Å². The number of para-hydroxylation sites is 2. The van der Waals surface area contributed by atoms with Crippen molar-refractivity contribution in [1.29, 1.82) is 0 Å². The Morgan fingerprint density at radius 3 is 2.68 bits per heavy atom. The zero-order chi connectivity index (χ0) is 21.5. The molecule has 0 spiro atoms. The van der Waals surface area contributed by atoms with Crippen molar-refractivity contribution in [1.82, 2.24) is 14.5 Å². The van der Waals surface area contributed by atoms with Gasteiger partial charge in [-0.25, -0.2) is 4.98 Å². The fraction of sp³-hybridized carbons (Fsp3) is 0.360. The lowest BCUT2D eigenvalue weighted by molar-refractivity contribution is 0.218. The molecule has 5 rings (SSSR count). The van der Waals surface area contributed by atoms with Gasteiger partial charge in [0.1, 0.15) is 29.0 Å². The number of imidazole rings is 1. The van der Waals surface area contributed by atoms with E-state index in [1.165, 1.54) is 12.7 Å². The number of piperidine rings is 1. The number of fused-ring (bicyclic) bond motifs is 2. The first-order valence-electron chi connectivity index (χ1n) is 11.0. The van der Waals surface area contributed by atoms with Gasteiger partial charge in [-0.05, 0) is 56.1 Å². The Hall–Kier alpha value is -3.12. The van der Waals surface area contributed by atoms with Crippen LogP contribution in [0.15, 0.2) is 45.8 Å². The first kappa shape index (κ1) is 19.8. The Bertz CT molecular complexity index is 1330. The van der Waals surface area contributed by atoms with E-state index in [1.807, 2.05) is 42.8 Å². The first-order chi connectivity index (χ1) is 15.1. The van der Waals surface area contributed by atoms with Crippen molar-refractivity contribution in [2.75, 3.05) is 13.1 Å². The molecule has 6 heteroatoms. The molecule has 1 aliphatic rings. The highest BCUT2D eigenvalue weighted by Crippen LogP contribution is 2.33. The summed E-state index contributed by atoms with van der Waals surface area (Å²) < 4.78 is 7.96. The summed E-state index contributed by atoms with van der Waals surface area (Å²) in [4.78, 5) is 20.6. The van der Waals surface area contributed by atoms with Crippen LogP contribution in [-0.4, -0.2) is 32.6 Å². The molecule has 31 heavy (non-hydrogen) atoms. The van der Waals surface area contributed by atoms with Crippen molar-refractivity contribution in [2.24, 2.45) is 7.05 Å². The Balaban J connectivity index is 1.69. The molecule has 1 aliphatic heterocycles. The van der Waals surface area contributed by atoms with Gasteiger partial charge in [0.05, 0.1) is 22.0 Å². The minimum absolute atomic E-state index is 0.116. The van der Waals surface area contributed by atoms with Crippen molar-refractivity contribution in [3.8, 4) is 17.1 Å². The normalized spacial score (nSPS) is 15.2. The molecule has 2 aromatic heterocycles. The van der Waals surface area contributed by atoms with Gasteiger partial charge in [0.15, 0.2) is 0 Å². The van der Waals surface area contributed by atoms with Gasteiger partial charge in [0, 0.05) is 13.6 Å². The summed E-state index contributed by atoms with van der Waals surface area (Å²) in [5, 5.41) is 11.4. The number of phenols is 1. The lowest BCUT2D eigenvalue weighted by Crippen LogP contribution is -2.29. The van der Waals surface area contributed by atoms with Crippen molar-refractivity contribution in [3.05, 3.63) is 57.9 Å². The van der Waals surface area contributed by atoms with Gasteiger partial charge in [-0.2, -0.15) is 0 Å². The monoisotopic (exact) mass is 417 g/mol. The SMILES string of the molecule is CCc1cc2c(=O)c(-c3nc4ccccc4n3C)coc2c(CN2CCCCC2)c1O. The summed E-state index contributed by atoms with van der Waals surface area (Å²) in [7, 11) is 1.91. The van der Waals surface area contributed by atoms with Gasteiger partial charge < -0.3 is 14.1 Å². The second kappa shape index (κ2) is 7.85. The summed E-state index contributed by atoms with van der Waals surface area (Å²) in [5.74, 6) is 0.833. The minimum atomic E-state index is -0.116. The average molecular weight is 418 g/mol. The van der Waals surface area contributed by atoms with E-state index in [0.717, 1.165) is 42.5 Å². The van der Waals surface area contributed by atoms with Gasteiger partial charge in [-0.1, -0.05) is 25.5 Å². The molecule has 0 unspecified atom stereocenters. The molecule has 6 nitrogen and oxygen atoms in total. The van der Waals surface area contributed by atoms with E-state index in [-0.39, 0.29) is 11.2 Å². The van der Waals surface area contributed by atoms with Crippen LogP contribution in [0, 0.1) is 0 Å². The number of likely N-dealkylation sites (tertiary alicyclic amines) is 1. The molecule has 0 saturated carbocycles. The molecule has 4 aromatic rings. The van der Waals surface area contributed by atoms with Crippen LogP contribution < -0.4 is 5.43 Å². The Morgan fingerprint density at radius 2 is 1.94 bits per heavy atom. The first-order valence-corrected chi connectivity index (χ1v) is 11.0. The van der Waals surface area contributed by atoms with E-state index < -0.39 is 0 Å². The highest BCUT2D eigenvalue weighted by Gasteiger charge is 2.22. The van der Waals surface area contributed by atoms with Crippen LogP contribution in [0.25, 0.3) is 33.4 Å². The van der Waals surface area contributed by atoms with Crippen LogP contribution in [0.1, 0.15) is 37.3 Å². The molecule has 1 saturated heterocycles. The molecular weight excluding hydrogens is 390 g/mol. The van der Waals surface area contributed by atoms with Crippen LogP contribution in [-0.2, 0) is 20.0 Å². The van der Waals surface area contributed by atoms with Crippen molar-refractivity contribution in [2.45, 2.75) is 39.2 Å². The molecule has 0 aliphatic carbocycles. The van der Waals surface area contributed by atoms with E-state index >= 15 is 0 Å². The van der Waals surface area contributed by atoms with E-state index in [9.17, 15) is 9.90 Å². The van der Waals surface area contributed by atoms with Crippen molar-refractivity contribution < 1.29 is 9.52 Å². The Kier molecular flexibility index (Phi) is 5.02. The number of aromatic hydroxyl groups is 1. The predicted molar refractivity (Wildman–Crippen MR) is 122 cm³/mol. The third kappa shape index (κ3) is 3.31. The van der Waals surface area contributed by atoms with E-state index in [1.54, 1.807) is 6.07 Å². The molecule has 0 atom stereocenters. The average Bonchev–Trinajstić information content (AvgIpc) is 3.13. The largest absolute Gasteiger partial charge is 0.507 e. The smallest absolute Gasteiger partial charge is 0.203 e. The molecule has 0 amide bonds. The minimum Gasteiger partial charge on any atom is -0.507 e. The number of rotatable bonds is 4. The lowest BCUT2D eigenvalue weighted by Gasteiger charge is -2.27. The molecular formula is C25H27N3O3. The summed E-state index contributed by atoms with van der Waals surface area (Å²) in [6.45, 7) is 4.58. The maximum Gasteiger partial charge on any atom is 0.203 e. The predicted octanol–water partition coefficient (Wildman–Crippen LogP) is 4.60. The van der Waals surface area contributed by atoms with Crippen LogP contribution in [0.2, 0.25) is 0 Å². The molecule has 1 fully saturated rings. The quantitative estimate of drug-likeness (QED) is 0.525. The number of phenolic OH excluding ortho intramolecular Hbond substituents is 1. The van der Waals surface area contributed by atoms with E-state index in [4.69, 9.17) is 4.42 Å². The fourth-order valence-electron chi connectivity index (χ4n) is 4.69. The van der Waals surface area contributed by atoms with Crippen LogP contribution in [0.3, 0.4) is 0 Å². The Morgan fingerprint density at radius 1 is 1.16 bits per heavy atom. The molecule has 3 heterocycles. The zero-order valence-corrected chi connectivity index (χ0v) is 18.0. The summed E-state index contributed by atoms with van der Waals surface area (Å²) in [6.07, 6.45) is 5.70. The van der Waals surface area contributed by atoms with Gasteiger partial charge in [-0.3, -0.25) is 9.69 Å². The molecule has 0 bridgehead atoms. The third-order valence-corrected chi connectivity index (χ3v) is 6.45. The van der Waals surface area contributed by atoms with Crippen molar-refractivity contribution in [3.63, 3.8) is 0 Å². The molecule has 0 radical (unpaired) electrons. The van der Waals surface area contributed by atoms with Gasteiger partial charge in [0.2, 0.25) is 5.43 Å². The standard InChI is InChI=1S/C25H27N3O3/c1-3-16-13-17-23(30)19(25-26-20-9-5-6-10-21(20)27(25)2)15-31-24(17)18(22(16)29)14-28-11-7-4-8-12-28/h5-6,9-10,13,15,29H,3-4,7-8,11-12,14H2,1-2H3. The van der Waals surface area contributed by atoms with Gasteiger partial charge in [0.25, 0.3) is 0 Å². The highest BCUT2D eigenvalue weighted by atomic mass is 16.3. The zero-order valence-electron chi connectivity index (χ0n) is 18.0. The van der Waals surface area contributed by atoms with Gasteiger partial charge >= 0.3 is 0 Å². The lowest BCUT2D eigenvalue weighted by atomic mass is 10.00. The summed E-state index contributed by atoms with van der Waals surface area (Å²) >= 11 is 0. The van der Waals surface area contributed by atoms with E-state index in [0.29, 0.717) is 40.9 Å². The maximum absolute atomic E-state index is 13.6. The highest BCUT2D eigenvalue weighted by molar-refractivity contribution is 5.87. The topological polar surface area (TPSA) is 71.5 Å².